The van der Waals surface area contributed by atoms with Crippen molar-refractivity contribution in [3.8, 4) is 0 Å². The fourth-order valence-corrected chi connectivity index (χ4v) is 4.85. The number of hydrogen-bond donors (Lipinski definition) is 0. The van der Waals surface area contributed by atoms with E-state index in [2.05, 4.69) is 24.9 Å². The SMILES string of the molecule is CSC1CC(C)CC2(CCCCC2)C1. The highest BCUT2D eigenvalue weighted by molar-refractivity contribution is 7.99. The third-order valence-electron chi connectivity index (χ3n) is 4.35. The molecule has 2 saturated carbocycles. The first-order valence-corrected chi connectivity index (χ1v) is 7.56. The van der Waals surface area contributed by atoms with Gasteiger partial charge >= 0.3 is 0 Å². The van der Waals surface area contributed by atoms with Crippen LogP contribution >= 0.6 is 11.8 Å². The molecule has 0 aromatic heterocycles. The second kappa shape index (κ2) is 4.47. The second-order valence-electron chi connectivity index (χ2n) is 5.67. The minimum absolute atomic E-state index is 0.781. The predicted molar refractivity (Wildman–Crippen MR) is 65.8 cm³/mol. The molecule has 0 amide bonds. The normalized spacial score (nSPS) is 37.3. The lowest BCUT2D eigenvalue weighted by molar-refractivity contribution is 0.0978. The summed E-state index contributed by atoms with van der Waals surface area (Å²) in [5.41, 5.74) is 0.781. The summed E-state index contributed by atoms with van der Waals surface area (Å²) in [5.74, 6) is 0.985. The molecule has 2 aliphatic carbocycles. The van der Waals surface area contributed by atoms with E-state index >= 15 is 0 Å². The van der Waals surface area contributed by atoms with E-state index < -0.39 is 0 Å². The zero-order valence-corrected chi connectivity index (χ0v) is 10.5. The zero-order valence-electron chi connectivity index (χ0n) is 9.72. The summed E-state index contributed by atoms with van der Waals surface area (Å²) >= 11 is 2.12. The van der Waals surface area contributed by atoms with E-state index in [-0.39, 0.29) is 0 Å². The molecule has 0 aromatic carbocycles. The van der Waals surface area contributed by atoms with Gasteiger partial charge in [-0.1, -0.05) is 26.2 Å². The molecule has 0 N–H and O–H groups in total. The molecule has 2 atom stereocenters. The van der Waals surface area contributed by atoms with Crippen LogP contribution in [0.1, 0.15) is 58.3 Å². The Bertz CT molecular complexity index is 182. The monoisotopic (exact) mass is 212 g/mol. The van der Waals surface area contributed by atoms with Gasteiger partial charge < -0.3 is 0 Å². The molecule has 0 bridgehead atoms. The highest BCUT2D eigenvalue weighted by atomic mass is 32.2. The third kappa shape index (κ3) is 2.29. The van der Waals surface area contributed by atoms with E-state index in [9.17, 15) is 0 Å². The van der Waals surface area contributed by atoms with Gasteiger partial charge in [0.25, 0.3) is 0 Å². The van der Waals surface area contributed by atoms with E-state index in [1.54, 1.807) is 0 Å². The van der Waals surface area contributed by atoms with Crippen LogP contribution in [0.3, 0.4) is 0 Å². The first kappa shape index (κ1) is 10.9. The van der Waals surface area contributed by atoms with Gasteiger partial charge in [-0.2, -0.15) is 11.8 Å². The molecular formula is C13H24S. The van der Waals surface area contributed by atoms with Crippen LogP contribution in [0.5, 0.6) is 0 Å². The lowest BCUT2D eigenvalue weighted by atomic mass is 9.63. The Balaban J connectivity index is 2.02. The van der Waals surface area contributed by atoms with Crippen molar-refractivity contribution in [2.24, 2.45) is 11.3 Å². The van der Waals surface area contributed by atoms with Crippen molar-refractivity contribution >= 4 is 11.8 Å². The summed E-state index contributed by atoms with van der Waals surface area (Å²) in [5, 5.41) is 0.969. The van der Waals surface area contributed by atoms with Crippen LogP contribution in [0, 0.1) is 11.3 Å². The Morgan fingerprint density at radius 2 is 1.79 bits per heavy atom. The summed E-state index contributed by atoms with van der Waals surface area (Å²) in [6, 6.07) is 0. The van der Waals surface area contributed by atoms with Crippen LogP contribution in [0.15, 0.2) is 0 Å². The van der Waals surface area contributed by atoms with Crippen molar-refractivity contribution in [1.29, 1.82) is 0 Å². The molecular weight excluding hydrogens is 188 g/mol. The number of thioether (sulfide) groups is 1. The van der Waals surface area contributed by atoms with Crippen molar-refractivity contribution < 1.29 is 0 Å². The number of hydrogen-bond acceptors (Lipinski definition) is 1. The minimum Gasteiger partial charge on any atom is -0.162 e. The van der Waals surface area contributed by atoms with E-state index in [0.717, 1.165) is 16.6 Å². The summed E-state index contributed by atoms with van der Waals surface area (Å²) < 4.78 is 0. The maximum atomic E-state index is 2.47. The Kier molecular flexibility index (Phi) is 3.46. The van der Waals surface area contributed by atoms with Gasteiger partial charge in [-0.05, 0) is 49.7 Å². The molecule has 0 heterocycles. The molecule has 2 aliphatic rings. The van der Waals surface area contributed by atoms with Gasteiger partial charge in [0.15, 0.2) is 0 Å². The van der Waals surface area contributed by atoms with Crippen LogP contribution in [-0.4, -0.2) is 11.5 Å². The largest absolute Gasteiger partial charge is 0.162 e. The summed E-state index contributed by atoms with van der Waals surface area (Å²) in [6.45, 7) is 2.47. The van der Waals surface area contributed by atoms with Crippen molar-refractivity contribution in [3.05, 3.63) is 0 Å². The standard InChI is InChI=1S/C13H24S/c1-11-8-12(14-2)10-13(9-11)6-4-3-5-7-13/h11-12H,3-10H2,1-2H3. The molecule has 1 spiro atoms. The maximum absolute atomic E-state index is 2.47. The van der Waals surface area contributed by atoms with E-state index in [0.29, 0.717) is 0 Å². The Morgan fingerprint density at radius 3 is 2.43 bits per heavy atom. The van der Waals surface area contributed by atoms with Crippen LogP contribution in [-0.2, 0) is 0 Å². The summed E-state index contributed by atoms with van der Waals surface area (Å²) in [7, 11) is 0. The molecule has 0 saturated heterocycles. The van der Waals surface area contributed by atoms with Crippen LogP contribution in [0.25, 0.3) is 0 Å². The van der Waals surface area contributed by atoms with Crippen LogP contribution in [0.4, 0.5) is 0 Å². The average Bonchev–Trinajstić information content (AvgIpc) is 2.17. The molecule has 0 aromatic rings. The smallest absolute Gasteiger partial charge is 0.00521 e. The summed E-state index contributed by atoms with van der Waals surface area (Å²) in [4.78, 5) is 0. The molecule has 0 radical (unpaired) electrons. The first-order chi connectivity index (χ1) is 6.74. The van der Waals surface area contributed by atoms with Gasteiger partial charge in [0.1, 0.15) is 0 Å². The van der Waals surface area contributed by atoms with E-state index in [1.807, 2.05) is 0 Å². The highest BCUT2D eigenvalue weighted by Gasteiger charge is 2.39. The highest BCUT2D eigenvalue weighted by Crippen LogP contribution is 2.51. The molecule has 2 unspecified atom stereocenters. The van der Waals surface area contributed by atoms with Crippen molar-refractivity contribution in [2.45, 2.75) is 63.5 Å². The maximum Gasteiger partial charge on any atom is 0.00521 e. The second-order valence-corrected chi connectivity index (χ2v) is 6.81. The van der Waals surface area contributed by atoms with Gasteiger partial charge in [0.05, 0.1) is 0 Å². The van der Waals surface area contributed by atoms with Crippen LogP contribution < -0.4 is 0 Å². The zero-order chi connectivity index (χ0) is 10.0. The molecule has 2 rings (SSSR count). The Labute approximate surface area is 93.2 Å². The summed E-state index contributed by atoms with van der Waals surface area (Å²) in [6.07, 6.45) is 14.4. The predicted octanol–water partition coefficient (Wildman–Crippen LogP) is 4.49. The molecule has 2 fully saturated rings. The van der Waals surface area contributed by atoms with Gasteiger partial charge in [0, 0.05) is 5.25 Å². The Hall–Kier alpha value is 0.350. The molecule has 14 heavy (non-hydrogen) atoms. The van der Waals surface area contributed by atoms with Crippen molar-refractivity contribution in [2.75, 3.05) is 6.26 Å². The lowest BCUT2D eigenvalue weighted by Gasteiger charge is -2.46. The van der Waals surface area contributed by atoms with Gasteiger partial charge in [-0.25, -0.2) is 0 Å². The van der Waals surface area contributed by atoms with Crippen LogP contribution in [0.2, 0.25) is 0 Å². The van der Waals surface area contributed by atoms with Gasteiger partial charge in [-0.15, -0.1) is 0 Å². The van der Waals surface area contributed by atoms with E-state index in [4.69, 9.17) is 0 Å². The van der Waals surface area contributed by atoms with Gasteiger partial charge in [0.2, 0.25) is 0 Å². The molecule has 82 valence electrons. The average molecular weight is 212 g/mol. The Morgan fingerprint density at radius 1 is 1.07 bits per heavy atom. The van der Waals surface area contributed by atoms with Crippen molar-refractivity contribution in [1.82, 2.24) is 0 Å². The lowest BCUT2D eigenvalue weighted by Crippen LogP contribution is -2.35. The number of rotatable bonds is 1. The topological polar surface area (TPSA) is 0 Å². The quantitative estimate of drug-likeness (QED) is 0.617. The molecule has 1 heteroatoms. The third-order valence-corrected chi connectivity index (χ3v) is 5.38. The fourth-order valence-electron chi connectivity index (χ4n) is 3.81. The van der Waals surface area contributed by atoms with Gasteiger partial charge in [-0.3, -0.25) is 0 Å². The molecule has 0 aliphatic heterocycles. The molecule has 0 nitrogen and oxygen atoms in total. The van der Waals surface area contributed by atoms with E-state index in [1.165, 1.54) is 51.4 Å². The first-order valence-electron chi connectivity index (χ1n) is 6.27. The minimum atomic E-state index is 0.781. The fraction of sp³-hybridized carbons (Fsp3) is 1.00. The van der Waals surface area contributed by atoms with Crippen molar-refractivity contribution in [3.63, 3.8) is 0 Å².